The average Bonchev–Trinajstić information content (AvgIpc) is 2.78. The highest BCUT2D eigenvalue weighted by atomic mass is 35.5. The highest BCUT2D eigenvalue weighted by molar-refractivity contribution is 6.30. The molecule has 17 heavy (non-hydrogen) atoms. The Morgan fingerprint density at radius 2 is 2.06 bits per heavy atom. The minimum absolute atomic E-state index is 0.0394. The van der Waals surface area contributed by atoms with E-state index in [0.717, 1.165) is 24.8 Å². The first-order chi connectivity index (χ1) is 8.16. The lowest BCUT2D eigenvalue weighted by Crippen LogP contribution is -2.28. The van der Waals surface area contributed by atoms with Gasteiger partial charge in [-0.25, -0.2) is 0 Å². The molecule has 1 saturated carbocycles. The van der Waals surface area contributed by atoms with Crippen molar-refractivity contribution in [3.63, 3.8) is 0 Å². The first-order valence-corrected chi connectivity index (χ1v) is 6.82. The fraction of sp³-hybridized carbons (Fsp3) is 0.533. The molecule has 1 nitrogen and oxygen atoms in total. The summed E-state index contributed by atoms with van der Waals surface area (Å²) in [6.45, 7) is 2.14. The predicted molar refractivity (Wildman–Crippen MR) is 71.4 cm³/mol. The van der Waals surface area contributed by atoms with Gasteiger partial charge in [0.1, 0.15) is 5.78 Å². The van der Waals surface area contributed by atoms with Gasteiger partial charge in [-0.2, -0.15) is 0 Å². The van der Waals surface area contributed by atoms with Gasteiger partial charge in [0.05, 0.1) is 0 Å². The van der Waals surface area contributed by atoms with Gasteiger partial charge < -0.3 is 0 Å². The zero-order valence-corrected chi connectivity index (χ0v) is 11.1. The van der Waals surface area contributed by atoms with Crippen molar-refractivity contribution < 1.29 is 4.79 Å². The number of hydrogen-bond donors (Lipinski definition) is 0. The van der Waals surface area contributed by atoms with E-state index in [-0.39, 0.29) is 5.41 Å². The molecule has 0 amide bonds. The smallest absolute Gasteiger partial charge is 0.143 e. The number of carbonyl (C=O) groups excluding carboxylic acids is 1. The van der Waals surface area contributed by atoms with E-state index < -0.39 is 0 Å². The molecular formula is C15H19ClO. The number of hydrogen-bond acceptors (Lipinski definition) is 1. The van der Waals surface area contributed by atoms with Crippen molar-refractivity contribution in [2.75, 3.05) is 0 Å². The molecule has 0 spiro atoms. The van der Waals surface area contributed by atoms with Gasteiger partial charge in [0, 0.05) is 16.9 Å². The third-order valence-electron chi connectivity index (χ3n) is 4.08. The van der Waals surface area contributed by atoms with Crippen LogP contribution in [0.4, 0.5) is 0 Å². The Morgan fingerprint density at radius 1 is 1.35 bits per heavy atom. The fourth-order valence-corrected chi connectivity index (χ4v) is 3.11. The van der Waals surface area contributed by atoms with Crippen molar-refractivity contribution >= 4 is 17.4 Å². The Hall–Kier alpha value is -0.820. The van der Waals surface area contributed by atoms with Gasteiger partial charge in [-0.15, -0.1) is 0 Å². The molecule has 0 bridgehead atoms. The number of Topliss-reactive ketones (excluding diaryl/α,β-unsaturated/α-hetero) is 1. The largest absolute Gasteiger partial charge is 0.299 e. The second kappa shape index (κ2) is 5.22. The lowest BCUT2D eigenvalue weighted by molar-refractivity contribution is -0.128. The van der Waals surface area contributed by atoms with E-state index in [4.69, 9.17) is 11.6 Å². The summed E-state index contributed by atoms with van der Waals surface area (Å²) in [5.74, 6) is 0.403. The molecule has 1 aliphatic carbocycles. The first-order valence-electron chi connectivity index (χ1n) is 6.44. The monoisotopic (exact) mass is 250 g/mol. The van der Waals surface area contributed by atoms with Crippen molar-refractivity contribution in [2.24, 2.45) is 5.41 Å². The van der Waals surface area contributed by atoms with Gasteiger partial charge in [0.25, 0.3) is 0 Å². The molecule has 1 fully saturated rings. The van der Waals surface area contributed by atoms with Crippen LogP contribution in [0.5, 0.6) is 0 Å². The van der Waals surface area contributed by atoms with Gasteiger partial charge in [-0.05, 0) is 37.0 Å². The van der Waals surface area contributed by atoms with Crippen molar-refractivity contribution in [3.8, 4) is 0 Å². The predicted octanol–water partition coefficient (Wildman–Crippen LogP) is 4.42. The van der Waals surface area contributed by atoms with Crippen molar-refractivity contribution in [1.29, 1.82) is 0 Å². The minimum Gasteiger partial charge on any atom is -0.299 e. The van der Waals surface area contributed by atoms with Crippen LogP contribution in [0.1, 0.15) is 44.6 Å². The molecular weight excluding hydrogens is 232 g/mol. The zero-order valence-electron chi connectivity index (χ0n) is 10.3. The van der Waals surface area contributed by atoms with E-state index >= 15 is 0 Å². The quantitative estimate of drug-likeness (QED) is 0.773. The number of rotatable bonds is 4. The Balaban J connectivity index is 2.10. The maximum atomic E-state index is 12.4. The Labute approximate surface area is 108 Å². The summed E-state index contributed by atoms with van der Waals surface area (Å²) in [4.78, 5) is 12.4. The minimum atomic E-state index is -0.0394. The summed E-state index contributed by atoms with van der Waals surface area (Å²) in [5, 5.41) is 0.715. The van der Waals surface area contributed by atoms with Crippen molar-refractivity contribution in [3.05, 3.63) is 34.9 Å². The Morgan fingerprint density at radius 3 is 2.65 bits per heavy atom. The molecule has 92 valence electrons. The lowest BCUT2D eigenvalue weighted by Gasteiger charge is -2.25. The van der Waals surface area contributed by atoms with Crippen LogP contribution in [0, 0.1) is 5.41 Å². The second-order valence-electron chi connectivity index (χ2n) is 5.07. The van der Waals surface area contributed by atoms with Gasteiger partial charge in [0.2, 0.25) is 0 Å². The summed E-state index contributed by atoms with van der Waals surface area (Å²) in [7, 11) is 0. The van der Waals surface area contributed by atoms with Crippen LogP contribution in [-0.4, -0.2) is 5.78 Å². The number of benzene rings is 1. The summed E-state index contributed by atoms with van der Waals surface area (Å²) in [6, 6.07) is 7.65. The molecule has 1 aromatic rings. The fourth-order valence-electron chi connectivity index (χ4n) is 2.90. The molecule has 0 saturated heterocycles. The number of ketones is 1. The van der Waals surface area contributed by atoms with Crippen molar-refractivity contribution in [2.45, 2.75) is 45.4 Å². The summed E-state index contributed by atoms with van der Waals surface area (Å²) >= 11 is 5.95. The van der Waals surface area contributed by atoms with E-state index in [9.17, 15) is 4.79 Å². The van der Waals surface area contributed by atoms with Crippen LogP contribution in [0.15, 0.2) is 24.3 Å². The molecule has 0 N–H and O–H groups in total. The molecule has 0 unspecified atom stereocenters. The second-order valence-corrected chi connectivity index (χ2v) is 5.51. The van der Waals surface area contributed by atoms with Crippen LogP contribution in [-0.2, 0) is 11.2 Å². The molecule has 0 aliphatic heterocycles. The maximum Gasteiger partial charge on any atom is 0.143 e. The highest BCUT2D eigenvalue weighted by Crippen LogP contribution is 2.42. The molecule has 2 heteroatoms. The SMILES string of the molecule is CCC1(C(=O)Cc2cccc(Cl)c2)CCCC1. The zero-order chi connectivity index (χ0) is 12.3. The van der Waals surface area contributed by atoms with Gasteiger partial charge in [-0.1, -0.05) is 43.5 Å². The molecule has 1 aliphatic rings. The normalized spacial score (nSPS) is 18.2. The van der Waals surface area contributed by atoms with Crippen LogP contribution in [0.25, 0.3) is 0 Å². The van der Waals surface area contributed by atoms with Crippen LogP contribution < -0.4 is 0 Å². The topological polar surface area (TPSA) is 17.1 Å². The number of halogens is 1. The van der Waals surface area contributed by atoms with E-state index in [1.165, 1.54) is 12.8 Å². The van der Waals surface area contributed by atoms with E-state index in [1.807, 2.05) is 24.3 Å². The van der Waals surface area contributed by atoms with Crippen LogP contribution >= 0.6 is 11.6 Å². The third-order valence-corrected chi connectivity index (χ3v) is 4.32. The molecule has 0 atom stereocenters. The molecule has 1 aromatic carbocycles. The summed E-state index contributed by atoms with van der Waals surface area (Å²) < 4.78 is 0. The Kier molecular flexibility index (Phi) is 3.88. The molecule has 0 aromatic heterocycles. The van der Waals surface area contributed by atoms with Crippen molar-refractivity contribution in [1.82, 2.24) is 0 Å². The average molecular weight is 251 g/mol. The van der Waals surface area contributed by atoms with Crippen LogP contribution in [0.2, 0.25) is 5.02 Å². The van der Waals surface area contributed by atoms with Gasteiger partial charge in [-0.3, -0.25) is 4.79 Å². The number of carbonyl (C=O) groups is 1. The standard InChI is InChI=1S/C15H19ClO/c1-2-15(8-3-4-9-15)14(17)11-12-6-5-7-13(16)10-12/h5-7,10H,2-4,8-9,11H2,1H3. The first kappa shape index (κ1) is 12.6. The summed E-state index contributed by atoms with van der Waals surface area (Å²) in [5.41, 5.74) is 1.00. The molecule has 0 heterocycles. The third kappa shape index (κ3) is 2.71. The van der Waals surface area contributed by atoms with E-state index in [2.05, 4.69) is 6.92 Å². The van der Waals surface area contributed by atoms with E-state index in [0.29, 0.717) is 17.2 Å². The van der Waals surface area contributed by atoms with Gasteiger partial charge >= 0.3 is 0 Å². The van der Waals surface area contributed by atoms with Gasteiger partial charge in [0.15, 0.2) is 0 Å². The highest BCUT2D eigenvalue weighted by Gasteiger charge is 2.38. The molecule has 2 rings (SSSR count). The molecule has 0 radical (unpaired) electrons. The summed E-state index contributed by atoms with van der Waals surface area (Å²) in [6.07, 6.45) is 6.07. The lowest BCUT2D eigenvalue weighted by atomic mass is 9.77. The van der Waals surface area contributed by atoms with Crippen LogP contribution in [0.3, 0.4) is 0 Å². The maximum absolute atomic E-state index is 12.4. The Bertz CT molecular complexity index is 405. The van der Waals surface area contributed by atoms with E-state index in [1.54, 1.807) is 0 Å².